The van der Waals surface area contributed by atoms with Gasteiger partial charge in [0.05, 0.1) is 24.8 Å². The van der Waals surface area contributed by atoms with Crippen molar-refractivity contribution in [3.05, 3.63) is 35.4 Å². The lowest BCUT2D eigenvalue weighted by Crippen LogP contribution is -2.42. The van der Waals surface area contributed by atoms with Crippen LogP contribution < -0.4 is 0 Å². The highest BCUT2D eigenvalue weighted by Gasteiger charge is 2.16. The van der Waals surface area contributed by atoms with E-state index in [1.807, 2.05) is 29.2 Å². The first kappa shape index (κ1) is 16.9. The van der Waals surface area contributed by atoms with Gasteiger partial charge in [-0.3, -0.25) is 9.80 Å². The maximum Gasteiger partial charge on any atom is 0.131 e. The number of benzene rings is 1. The van der Waals surface area contributed by atoms with Crippen LogP contribution in [0.1, 0.15) is 24.5 Å². The number of ether oxygens (including phenoxy) is 1. The molecule has 1 fully saturated rings. The van der Waals surface area contributed by atoms with Crippen LogP contribution in [0.2, 0.25) is 0 Å². The van der Waals surface area contributed by atoms with E-state index in [4.69, 9.17) is 10.00 Å². The lowest BCUT2D eigenvalue weighted by Gasteiger charge is -2.30. The minimum atomic E-state index is -0.491. The fraction of sp³-hybridized carbons (Fsp3) is 0.588. The third kappa shape index (κ3) is 5.08. The molecule has 5 nitrogen and oxygen atoms in total. The molecule has 0 aromatic heterocycles. The average molecular weight is 303 g/mol. The van der Waals surface area contributed by atoms with Gasteiger partial charge in [0.1, 0.15) is 6.23 Å². The molecule has 0 amide bonds. The molecule has 22 heavy (non-hydrogen) atoms. The van der Waals surface area contributed by atoms with Gasteiger partial charge >= 0.3 is 0 Å². The molecule has 1 atom stereocenters. The largest absolute Gasteiger partial charge is 0.376 e. The summed E-state index contributed by atoms with van der Waals surface area (Å²) < 4.78 is 5.58. The molecule has 1 saturated heterocycles. The number of nitriles is 1. The van der Waals surface area contributed by atoms with Crippen molar-refractivity contribution in [2.24, 2.45) is 0 Å². The number of aliphatic hydroxyl groups excluding tert-OH is 1. The molecular formula is C17H25N3O2. The highest BCUT2D eigenvalue weighted by atomic mass is 16.5. The first-order valence-electron chi connectivity index (χ1n) is 7.94. The molecule has 0 bridgehead atoms. The van der Waals surface area contributed by atoms with E-state index in [9.17, 15) is 5.11 Å². The predicted octanol–water partition coefficient (Wildman–Crippen LogP) is 1.42. The lowest BCUT2D eigenvalue weighted by atomic mass is 10.1. The van der Waals surface area contributed by atoms with Gasteiger partial charge < -0.3 is 9.84 Å². The van der Waals surface area contributed by atoms with E-state index >= 15 is 0 Å². The first-order valence-corrected chi connectivity index (χ1v) is 7.94. The topological polar surface area (TPSA) is 59.7 Å². The summed E-state index contributed by atoms with van der Waals surface area (Å²) in [5, 5.41) is 18.8. The number of nitrogens with zero attached hydrogens (tertiary/aromatic N) is 3. The summed E-state index contributed by atoms with van der Waals surface area (Å²) in [5.74, 6) is 0. The van der Waals surface area contributed by atoms with Crippen molar-refractivity contribution in [2.75, 3.05) is 39.4 Å². The fourth-order valence-corrected chi connectivity index (χ4v) is 2.72. The molecule has 1 heterocycles. The Morgan fingerprint density at radius 3 is 2.73 bits per heavy atom. The zero-order chi connectivity index (χ0) is 15.8. The Labute approximate surface area is 132 Å². The Bertz CT molecular complexity index is 484. The molecule has 120 valence electrons. The van der Waals surface area contributed by atoms with Crippen LogP contribution in [0, 0.1) is 11.3 Å². The van der Waals surface area contributed by atoms with Crippen LogP contribution in [-0.4, -0.2) is 60.5 Å². The van der Waals surface area contributed by atoms with Crippen LogP contribution in [0.15, 0.2) is 24.3 Å². The van der Waals surface area contributed by atoms with E-state index < -0.39 is 6.23 Å². The second-order valence-corrected chi connectivity index (χ2v) is 5.62. The average Bonchev–Trinajstić information content (AvgIpc) is 2.55. The Morgan fingerprint density at radius 2 is 2.05 bits per heavy atom. The minimum absolute atomic E-state index is 0.374. The zero-order valence-corrected chi connectivity index (χ0v) is 13.2. The van der Waals surface area contributed by atoms with Gasteiger partial charge in [0.15, 0.2) is 0 Å². The Hall–Kier alpha value is -1.45. The summed E-state index contributed by atoms with van der Waals surface area (Å²) in [5.41, 5.74) is 1.91. The van der Waals surface area contributed by atoms with Gasteiger partial charge in [0.2, 0.25) is 0 Å². The molecule has 1 aromatic rings. The van der Waals surface area contributed by atoms with Gasteiger partial charge in [-0.15, -0.1) is 0 Å². The van der Waals surface area contributed by atoms with E-state index in [-0.39, 0.29) is 0 Å². The fourth-order valence-electron chi connectivity index (χ4n) is 2.72. The van der Waals surface area contributed by atoms with Crippen molar-refractivity contribution in [1.29, 1.82) is 5.26 Å². The lowest BCUT2D eigenvalue weighted by molar-refractivity contribution is -0.0656. The molecule has 0 spiro atoms. The molecule has 0 radical (unpaired) electrons. The number of hydrogen-bond donors (Lipinski definition) is 1. The second kappa shape index (κ2) is 8.86. The van der Waals surface area contributed by atoms with Crippen molar-refractivity contribution in [2.45, 2.75) is 26.1 Å². The van der Waals surface area contributed by atoms with E-state index in [0.717, 1.165) is 39.1 Å². The third-order valence-electron chi connectivity index (χ3n) is 4.06. The summed E-state index contributed by atoms with van der Waals surface area (Å²) in [6.07, 6.45) is 0.538. The molecule has 1 aromatic carbocycles. The highest BCUT2D eigenvalue weighted by Crippen LogP contribution is 2.09. The highest BCUT2D eigenvalue weighted by molar-refractivity contribution is 5.31. The number of hydrogen-bond acceptors (Lipinski definition) is 5. The van der Waals surface area contributed by atoms with Crippen LogP contribution >= 0.6 is 0 Å². The van der Waals surface area contributed by atoms with Gasteiger partial charge in [-0.25, -0.2) is 0 Å². The van der Waals surface area contributed by atoms with E-state index in [1.54, 1.807) is 0 Å². The number of rotatable bonds is 3. The van der Waals surface area contributed by atoms with E-state index in [0.29, 0.717) is 18.8 Å². The minimum Gasteiger partial charge on any atom is -0.376 e. The van der Waals surface area contributed by atoms with Crippen molar-refractivity contribution in [3.8, 4) is 6.07 Å². The zero-order valence-electron chi connectivity index (χ0n) is 13.2. The van der Waals surface area contributed by atoms with Crippen molar-refractivity contribution < 1.29 is 9.84 Å². The number of likely N-dealkylation sites (N-methyl/N-ethyl adjacent to an activating group) is 1. The van der Waals surface area contributed by atoms with Crippen molar-refractivity contribution in [3.63, 3.8) is 0 Å². The van der Waals surface area contributed by atoms with Crippen molar-refractivity contribution >= 4 is 0 Å². The van der Waals surface area contributed by atoms with E-state index in [1.165, 1.54) is 5.56 Å². The standard InChI is InChI=1S/C17H25N3O2/c1-2-20-9-3-8-19(10-11-22-14-17(20)21)13-16-6-4-15(12-18)5-7-16/h4-7,17,21H,2-3,8-11,13-14H2,1H3. The number of aliphatic hydroxyl groups is 1. The second-order valence-electron chi connectivity index (χ2n) is 5.62. The maximum absolute atomic E-state index is 10.0. The van der Waals surface area contributed by atoms with Crippen LogP contribution in [0.5, 0.6) is 0 Å². The summed E-state index contributed by atoms with van der Waals surface area (Å²) in [6, 6.07) is 9.90. The van der Waals surface area contributed by atoms with Crippen LogP contribution in [0.4, 0.5) is 0 Å². The third-order valence-corrected chi connectivity index (χ3v) is 4.06. The molecule has 1 unspecified atom stereocenters. The summed E-state index contributed by atoms with van der Waals surface area (Å²) in [6.45, 7) is 7.48. The molecule has 0 saturated carbocycles. The van der Waals surface area contributed by atoms with Crippen molar-refractivity contribution in [1.82, 2.24) is 9.80 Å². The molecular weight excluding hydrogens is 278 g/mol. The van der Waals surface area contributed by atoms with Crippen LogP contribution in [-0.2, 0) is 11.3 Å². The molecule has 1 aliphatic heterocycles. The summed E-state index contributed by atoms with van der Waals surface area (Å²) >= 11 is 0. The van der Waals surface area contributed by atoms with Gasteiger partial charge in [-0.1, -0.05) is 19.1 Å². The normalized spacial score (nSPS) is 22.1. The van der Waals surface area contributed by atoms with Crippen LogP contribution in [0.3, 0.4) is 0 Å². The predicted molar refractivity (Wildman–Crippen MR) is 85.1 cm³/mol. The Morgan fingerprint density at radius 1 is 1.27 bits per heavy atom. The molecule has 1 aliphatic rings. The monoisotopic (exact) mass is 303 g/mol. The van der Waals surface area contributed by atoms with E-state index in [2.05, 4.69) is 17.9 Å². The Balaban J connectivity index is 1.91. The maximum atomic E-state index is 10.0. The smallest absolute Gasteiger partial charge is 0.131 e. The van der Waals surface area contributed by atoms with Gasteiger partial charge in [-0.05, 0) is 37.2 Å². The molecule has 5 heteroatoms. The summed E-state index contributed by atoms with van der Waals surface area (Å²) in [4.78, 5) is 4.41. The quantitative estimate of drug-likeness (QED) is 0.915. The molecule has 1 N–H and O–H groups in total. The summed E-state index contributed by atoms with van der Waals surface area (Å²) in [7, 11) is 0. The molecule has 0 aliphatic carbocycles. The van der Waals surface area contributed by atoms with Gasteiger partial charge in [0.25, 0.3) is 0 Å². The SMILES string of the molecule is CCN1CCCN(Cc2ccc(C#N)cc2)CCOCC1O. The Kier molecular flexibility index (Phi) is 6.81. The van der Waals surface area contributed by atoms with Gasteiger partial charge in [0, 0.05) is 19.6 Å². The molecule has 2 rings (SSSR count). The van der Waals surface area contributed by atoms with Crippen LogP contribution in [0.25, 0.3) is 0 Å². The van der Waals surface area contributed by atoms with Gasteiger partial charge in [-0.2, -0.15) is 5.26 Å². The first-order chi connectivity index (χ1) is 10.7.